The lowest BCUT2D eigenvalue weighted by atomic mass is 10.1. The molecule has 0 aromatic carbocycles. The summed E-state index contributed by atoms with van der Waals surface area (Å²) in [7, 11) is 1.82. The SMILES string of the molecule is Cn1nnnc1NCC1CCCC1N. The minimum absolute atomic E-state index is 0.337. The number of aryl methyl sites for hydroxylation is 1. The molecule has 0 saturated heterocycles. The van der Waals surface area contributed by atoms with Gasteiger partial charge in [0.05, 0.1) is 0 Å². The van der Waals surface area contributed by atoms with Gasteiger partial charge in [-0.3, -0.25) is 0 Å². The molecule has 2 atom stereocenters. The average molecular weight is 196 g/mol. The van der Waals surface area contributed by atoms with Crippen LogP contribution < -0.4 is 11.1 Å². The fraction of sp³-hybridized carbons (Fsp3) is 0.875. The molecule has 1 aromatic heterocycles. The Labute approximate surface area is 82.9 Å². The zero-order valence-electron chi connectivity index (χ0n) is 8.35. The normalized spacial score (nSPS) is 26.7. The third kappa shape index (κ3) is 1.84. The van der Waals surface area contributed by atoms with Crippen molar-refractivity contribution < 1.29 is 0 Å². The maximum absolute atomic E-state index is 5.96. The molecule has 0 bridgehead atoms. The van der Waals surface area contributed by atoms with E-state index in [0.717, 1.165) is 13.0 Å². The molecule has 0 spiro atoms. The van der Waals surface area contributed by atoms with Crippen LogP contribution in [0.1, 0.15) is 19.3 Å². The van der Waals surface area contributed by atoms with Crippen LogP contribution in [0.5, 0.6) is 0 Å². The summed E-state index contributed by atoms with van der Waals surface area (Å²) in [5.41, 5.74) is 5.96. The van der Waals surface area contributed by atoms with Gasteiger partial charge in [-0.05, 0) is 29.2 Å². The van der Waals surface area contributed by atoms with Crippen molar-refractivity contribution in [3.8, 4) is 0 Å². The lowest BCUT2D eigenvalue weighted by Gasteiger charge is -2.15. The Balaban J connectivity index is 1.85. The minimum Gasteiger partial charge on any atom is -0.353 e. The highest BCUT2D eigenvalue weighted by molar-refractivity contribution is 5.21. The number of aromatic nitrogens is 4. The van der Waals surface area contributed by atoms with Gasteiger partial charge in [-0.25, -0.2) is 4.68 Å². The van der Waals surface area contributed by atoms with Crippen LogP contribution in [0, 0.1) is 5.92 Å². The van der Waals surface area contributed by atoms with E-state index in [-0.39, 0.29) is 0 Å². The molecule has 3 N–H and O–H groups in total. The van der Waals surface area contributed by atoms with Gasteiger partial charge in [-0.15, -0.1) is 0 Å². The van der Waals surface area contributed by atoms with E-state index < -0.39 is 0 Å². The molecule has 1 fully saturated rings. The predicted molar refractivity (Wildman–Crippen MR) is 52.6 cm³/mol. The van der Waals surface area contributed by atoms with Crippen molar-refractivity contribution in [1.29, 1.82) is 0 Å². The Morgan fingerprint density at radius 2 is 2.43 bits per heavy atom. The topological polar surface area (TPSA) is 81.7 Å². The Kier molecular flexibility index (Phi) is 2.62. The van der Waals surface area contributed by atoms with Crippen LogP contribution in [0.15, 0.2) is 0 Å². The van der Waals surface area contributed by atoms with E-state index >= 15 is 0 Å². The largest absolute Gasteiger partial charge is 0.353 e. The molecule has 6 heteroatoms. The van der Waals surface area contributed by atoms with Crippen molar-refractivity contribution in [2.75, 3.05) is 11.9 Å². The predicted octanol–water partition coefficient (Wildman–Crippen LogP) is -0.251. The number of anilines is 1. The van der Waals surface area contributed by atoms with Gasteiger partial charge in [-0.1, -0.05) is 11.5 Å². The Morgan fingerprint density at radius 3 is 3.00 bits per heavy atom. The maximum Gasteiger partial charge on any atom is 0.242 e. The monoisotopic (exact) mass is 196 g/mol. The van der Waals surface area contributed by atoms with Gasteiger partial charge in [0.25, 0.3) is 0 Å². The van der Waals surface area contributed by atoms with Crippen LogP contribution in [-0.4, -0.2) is 32.8 Å². The van der Waals surface area contributed by atoms with Gasteiger partial charge in [0, 0.05) is 19.6 Å². The van der Waals surface area contributed by atoms with Crippen LogP contribution in [0.4, 0.5) is 5.95 Å². The number of hydrogen-bond donors (Lipinski definition) is 2. The highest BCUT2D eigenvalue weighted by Gasteiger charge is 2.23. The number of rotatable bonds is 3. The molecule has 0 amide bonds. The first-order valence-corrected chi connectivity index (χ1v) is 4.99. The maximum atomic E-state index is 5.96. The molecule has 78 valence electrons. The zero-order chi connectivity index (χ0) is 9.97. The summed E-state index contributed by atoms with van der Waals surface area (Å²) in [6.07, 6.45) is 3.59. The van der Waals surface area contributed by atoms with Crippen molar-refractivity contribution in [2.24, 2.45) is 18.7 Å². The second-order valence-electron chi connectivity index (χ2n) is 3.86. The second kappa shape index (κ2) is 3.91. The van der Waals surface area contributed by atoms with E-state index in [4.69, 9.17) is 5.73 Å². The zero-order valence-corrected chi connectivity index (χ0v) is 8.35. The van der Waals surface area contributed by atoms with Crippen molar-refractivity contribution >= 4 is 5.95 Å². The summed E-state index contributed by atoms with van der Waals surface area (Å²) in [5.74, 6) is 1.27. The van der Waals surface area contributed by atoms with Crippen LogP contribution in [0.3, 0.4) is 0 Å². The molecule has 2 rings (SSSR count). The van der Waals surface area contributed by atoms with E-state index in [0.29, 0.717) is 17.9 Å². The van der Waals surface area contributed by atoms with Crippen LogP contribution in [-0.2, 0) is 7.05 Å². The molecule has 1 aliphatic rings. The van der Waals surface area contributed by atoms with Crippen molar-refractivity contribution in [3.05, 3.63) is 0 Å². The van der Waals surface area contributed by atoms with Crippen molar-refractivity contribution in [2.45, 2.75) is 25.3 Å². The van der Waals surface area contributed by atoms with E-state index in [2.05, 4.69) is 20.8 Å². The molecule has 1 aliphatic carbocycles. The summed E-state index contributed by atoms with van der Waals surface area (Å²) in [6, 6.07) is 0.337. The summed E-state index contributed by atoms with van der Waals surface area (Å²) >= 11 is 0. The molecular weight excluding hydrogens is 180 g/mol. The quantitative estimate of drug-likeness (QED) is 0.696. The van der Waals surface area contributed by atoms with E-state index in [9.17, 15) is 0 Å². The summed E-state index contributed by atoms with van der Waals surface area (Å²) in [5, 5.41) is 14.4. The molecule has 0 radical (unpaired) electrons. The lowest BCUT2D eigenvalue weighted by Crippen LogP contribution is -2.30. The van der Waals surface area contributed by atoms with Crippen LogP contribution in [0.2, 0.25) is 0 Å². The van der Waals surface area contributed by atoms with E-state index in [1.807, 2.05) is 7.05 Å². The van der Waals surface area contributed by atoms with Gasteiger partial charge in [-0.2, -0.15) is 0 Å². The first-order valence-electron chi connectivity index (χ1n) is 4.99. The fourth-order valence-electron chi connectivity index (χ4n) is 1.92. The van der Waals surface area contributed by atoms with E-state index in [1.165, 1.54) is 12.8 Å². The number of nitrogens with zero attached hydrogens (tertiary/aromatic N) is 4. The molecule has 6 nitrogen and oxygen atoms in total. The van der Waals surface area contributed by atoms with Crippen molar-refractivity contribution in [3.63, 3.8) is 0 Å². The highest BCUT2D eigenvalue weighted by atomic mass is 15.6. The molecular formula is C8H16N6. The number of nitrogens with one attached hydrogen (secondary N) is 1. The Hall–Kier alpha value is -1.17. The van der Waals surface area contributed by atoms with Crippen LogP contribution in [0.25, 0.3) is 0 Å². The van der Waals surface area contributed by atoms with E-state index in [1.54, 1.807) is 4.68 Å². The minimum atomic E-state index is 0.337. The highest BCUT2D eigenvalue weighted by Crippen LogP contribution is 2.23. The Morgan fingerprint density at radius 1 is 1.57 bits per heavy atom. The number of hydrogen-bond acceptors (Lipinski definition) is 5. The van der Waals surface area contributed by atoms with Gasteiger partial charge in [0.1, 0.15) is 0 Å². The Bertz CT molecular complexity index is 296. The van der Waals surface area contributed by atoms with Crippen molar-refractivity contribution in [1.82, 2.24) is 20.2 Å². The standard InChI is InChI=1S/C8H16N6/c1-14-8(11-12-13-14)10-5-6-3-2-4-7(6)9/h6-7H,2-5,9H2,1H3,(H,10,11,13). The van der Waals surface area contributed by atoms with Crippen LogP contribution >= 0.6 is 0 Å². The molecule has 14 heavy (non-hydrogen) atoms. The molecule has 1 saturated carbocycles. The molecule has 1 heterocycles. The summed E-state index contributed by atoms with van der Waals surface area (Å²) in [4.78, 5) is 0. The molecule has 1 aromatic rings. The van der Waals surface area contributed by atoms with Gasteiger partial charge in [0.15, 0.2) is 0 Å². The third-order valence-corrected chi connectivity index (χ3v) is 2.86. The molecule has 0 aliphatic heterocycles. The smallest absolute Gasteiger partial charge is 0.242 e. The van der Waals surface area contributed by atoms with Gasteiger partial charge < -0.3 is 11.1 Å². The molecule has 2 unspecified atom stereocenters. The van der Waals surface area contributed by atoms with Gasteiger partial charge in [0.2, 0.25) is 5.95 Å². The van der Waals surface area contributed by atoms with Gasteiger partial charge >= 0.3 is 0 Å². The summed E-state index contributed by atoms with van der Waals surface area (Å²) < 4.78 is 1.63. The average Bonchev–Trinajstić information content (AvgIpc) is 2.72. The summed E-state index contributed by atoms with van der Waals surface area (Å²) in [6.45, 7) is 0.870. The lowest BCUT2D eigenvalue weighted by molar-refractivity contribution is 0.502. The number of nitrogens with two attached hydrogens (primary N) is 1. The second-order valence-corrected chi connectivity index (χ2v) is 3.86. The first kappa shape index (κ1) is 9.39. The third-order valence-electron chi connectivity index (χ3n) is 2.86. The number of tetrazole rings is 1. The first-order chi connectivity index (χ1) is 6.77. The fourth-order valence-corrected chi connectivity index (χ4v) is 1.92.